The van der Waals surface area contributed by atoms with E-state index in [1.807, 2.05) is 6.08 Å². The Morgan fingerprint density at radius 1 is 1.06 bits per heavy atom. The number of hydrogen-bond donors (Lipinski definition) is 2. The zero-order valence-electron chi connectivity index (χ0n) is 20.2. The average molecular weight is 452 g/mol. The third-order valence-electron chi connectivity index (χ3n) is 9.41. The van der Waals surface area contributed by atoms with E-state index in [0.717, 1.165) is 64.1 Å². The molecule has 32 heavy (non-hydrogen) atoms. The molecule has 182 valence electrons. The summed E-state index contributed by atoms with van der Waals surface area (Å²) in [6, 6.07) is -0.600. The Morgan fingerprint density at radius 3 is 2.47 bits per heavy atom. The van der Waals surface area contributed by atoms with E-state index in [0.29, 0.717) is 24.2 Å². The molecule has 3 nitrogen and oxygen atoms in total. The molecule has 0 spiro atoms. The minimum Gasteiger partial charge on any atom is -0.389 e. The minimum atomic E-state index is -2.62. The second-order valence-corrected chi connectivity index (χ2v) is 11.6. The molecular formula is C27H43F2NO2. The van der Waals surface area contributed by atoms with E-state index in [2.05, 4.69) is 24.8 Å². The van der Waals surface area contributed by atoms with Gasteiger partial charge < -0.3 is 10.2 Å². The van der Waals surface area contributed by atoms with Crippen molar-refractivity contribution < 1.29 is 19.0 Å². The first-order valence-corrected chi connectivity index (χ1v) is 13.0. The number of rotatable bonds is 5. The van der Waals surface area contributed by atoms with Gasteiger partial charge in [-0.2, -0.15) is 0 Å². The maximum absolute atomic E-state index is 14.1. The third-order valence-corrected chi connectivity index (χ3v) is 9.41. The minimum absolute atomic E-state index is 0.218. The zero-order valence-corrected chi connectivity index (χ0v) is 20.2. The van der Waals surface area contributed by atoms with Gasteiger partial charge in [0.2, 0.25) is 0 Å². The van der Waals surface area contributed by atoms with Crippen molar-refractivity contribution in [1.82, 2.24) is 4.90 Å². The Morgan fingerprint density at radius 2 is 1.78 bits per heavy atom. The Labute approximate surface area is 193 Å². The van der Waals surface area contributed by atoms with E-state index in [-0.39, 0.29) is 5.41 Å². The van der Waals surface area contributed by atoms with Crippen LogP contribution in [0.25, 0.3) is 0 Å². The summed E-state index contributed by atoms with van der Waals surface area (Å²) in [6.07, 6.45) is 12.8. The molecule has 0 bridgehead atoms. The van der Waals surface area contributed by atoms with Crippen molar-refractivity contribution >= 4 is 0 Å². The van der Waals surface area contributed by atoms with E-state index in [1.54, 1.807) is 0 Å². The quantitative estimate of drug-likeness (QED) is 0.562. The van der Waals surface area contributed by atoms with Crippen LogP contribution in [0.5, 0.6) is 0 Å². The van der Waals surface area contributed by atoms with Gasteiger partial charge in [0.05, 0.1) is 18.2 Å². The summed E-state index contributed by atoms with van der Waals surface area (Å²) in [5.74, 6) is -1.13. The van der Waals surface area contributed by atoms with Crippen LogP contribution in [0, 0.1) is 23.2 Å². The number of halogens is 2. The summed E-state index contributed by atoms with van der Waals surface area (Å²) in [6.45, 7) is 7.39. The maximum atomic E-state index is 14.1. The lowest BCUT2D eigenvalue weighted by atomic mass is 9.61. The fourth-order valence-corrected chi connectivity index (χ4v) is 7.82. The van der Waals surface area contributed by atoms with Gasteiger partial charge in [0.15, 0.2) is 0 Å². The van der Waals surface area contributed by atoms with E-state index in [9.17, 15) is 19.0 Å². The monoisotopic (exact) mass is 451 g/mol. The predicted molar refractivity (Wildman–Crippen MR) is 125 cm³/mol. The number of likely N-dealkylation sites (tertiary alicyclic amines) is 1. The first-order valence-electron chi connectivity index (χ1n) is 13.0. The second-order valence-electron chi connectivity index (χ2n) is 11.6. The molecule has 3 aliphatic carbocycles. The van der Waals surface area contributed by atoms with Crippen molar-refractivity contribution in [2.24, 2.45) is 23.2 Å². The van der Waals surface area contributed by atoms with Crippen LogP contribution in [0.3, 0.4) is 0 Å². The van der Waals surface area contributed by atoms with Crippen molar-refractivity contribution in [3.8, 4) is 0 Å². The van der Waals surface area contributed by atoms with Crippen LogP contribution < -0.4 is 0 Å². The number of aliphatic hydroxyl groups is 2. The molecule has 4 fully saturated rings. The molecule has 1 heterocycles. The van der Waals surface area contributed by atoms with E-state index in [1.165, 1.54) is 24.8 Å². The number of alkyl halides is 2. The van der Waals surface area contributed by atoms with E-state index in [4.69, 9.17) is 0 Å². The lowest BCUT2D eigenvalue weighted by molar-refractivity contribution is -0.0589. The van der Waals surface area contributed by atoms with Gasteiger partial charge in [-0.1, -0.05) is 31.6 Å². The van der Waals surface area contributed by atoms with Gasteiger partial charge >= 0.3 is 0 Å². The van der Waals surface area contributed by atoms with Crippen LogP contribution in [0.15, 0.2) is 23.3 Å². The van der Waals surface area contributed by atoms with E-state index >= 15 is 0 Å². The van der Waals surface area contributed by atoms with Crippen molar-refractivity contribution in [3.63, 3.8) is 0 Å². The highest BCUT2D eigenvalue weighted by Crippen LogP contribution is 2.59. The number of nitrogens with zero attached hydrogens (tertiary/aromatic N) is 1. The normalized spacial score (nSPS) is 41.2. The molecule has 5 heteroatoms. The predicted octanol–water partition coefficient (Wildman–Crippen LogP) is 5.72. The summed E-state index contributed by atoms with van der Waals surface area (Å²) in [7, 11) is 0. The van der Waals surface area contributed by atoms with Gasteiger partial charge in [0.25, 0.3) is 5.92 Å². The second kappa shape index (κ2) is 9.46. The fourth-order valence-electron chi connectivity index (χ4n) is 7.82. The summed E-state index contributed by atoms with van der Waals surface area (Å²) in [5.41, 5.74) is 2.46. The third kappa shape index (κ3) is 4.72. The van der Waals surface area contributed by atoms with Crippen LogP contribution in [0.2, 0.25) is 0 Å². The number of aliphatic hydroxyl groups excluding tert-OH is 2. The molecule has 2 N–H and O–H groups in total. The molecule has 1 aliphatic heterocycles. The van der Waals surface area contributed by atoms with Crippen molar-refractivity contribution in [3.05, 3.63) is 23.3 Å². The highest BCUT2D eigenvalue weighted by Gasteiger charge is 2.51. The van der Waals surface area contributed by atoms with Crippen LogP contribution in [-0.4, -0.2) is 52.4 Å². The van der Waals surface area contributed by atoms with Gasteiger partial charge in [-0.05, 0) is 99.5 Å². The molecule has 0 amide bonds. The number of allylic oxidation sites excluding steroid dienone is 3. The molecule has 0 aromatic carbocycles. The molecule has 2 unspecified atom stereocenters. The Balaban J connectivity index is 1.47. The highest BCUT2D eigenvalue weighted by atomic mass is 19.3. The molecule has 0 aromatic heterocycles. The molecule has 4 rings (SSSR count). The molecule has 0 aromatic rings. The fraction of sp³-hybridized carbons (Fsp3) is 0.852. The first-order chi connectivity index (χ1) is 15.1. The SMILES string of the molecule is C[C@@H](CN1CCC[C@H]1C(C)(F)F)[C@H]1CC[C@H]2/C(=C/C=C3C(O)CCCC3O)CCC[C@]12C. The van der Waals surface area contributed by atoms with Crippen LogP contribution >= 0.6 is 0 Å². The number of hydrogen-bond acceptors (Lipinski definition) is 3. The summed E-state index contributed by atoms with van der Waals surface area (Å²) < 4.78 is 28.2. The van der Waals surface area contributed by atoms with E-state index < -0.39 is 24.2 Å². The van der Waals surface area contributed by atoms with Gasteiger partial charge in [0.1, 0.15) is 0 Å². The molecular weight excluding hydrogens is 408 g/mol. The van der Waals surface area contributed by atoms with Gasteiger partial charge in [-0.15, -0.1) is 0 Å². The van der Waals surface area contributed by atoms with Gasteiger partial charge in [0, 0.05) is 13.5 Å². The van der Waals surface area contributed by atoms with Crippen molar-refractivity contribution in [2.45, 2.75) is 109 Å². The molecule has 7 atom stereocenters. The van der Waals surface area contributed by atoms with Gasteiger partial charge in [-0.25, -0.2) is 8.78 Å². The Kier molecular flexibility index (Phi) is 7.20. The molecule has 4 aliphatic rings. The standard InChI is InChI=1S/C27H43F2NO2/c1-18(17-30-16-6-10-25(30)27(3,28)29)21-13-14-22-19(7-5-15-26(21,22)2)11-12-20-23(31)8-4-9-24(20)32/h11-12,18,21-25,31-32H,4-10,13-17H2,1-3H3/b19-11+,20-12?/t18-,21+,22-,23?,24?,25-,26+/m0/s1. The summed E-state index contributed by atoms with van der Waals surface area (Å²) in [4.78, 5) is 2.07. The average Bonchev–Trinajstić information content (AvgIpc) is 3.31. The Hall–Kier alpha value is -0.780. The van der Waals surface area contributed by atoms with Crippen molar-refractivity contribution in [1.29, 1.82) is 0 Å². The molecule has 1 saturated heterocycles. The summed E-state index contributed by atoms with van der Waals surface area (Å²) in [5, 5.41) is 20.6. The lowest BCUT2D eigenvalue weighted by Gasteiger charge is -2.45. The Bertz CT molecular complexity index is 718. The number of fused-ring (bicyclic) bond motifs is 1. The van der Waals surface area contributed by atoms with Crippen LogP contribution in [0.4, 0.5) is 8.78 Å². The smallest absolute Gasteiger partial charge is 0.260 e. The van der Waals surface area contributed by atoms with Crippen molar-refractivity contribution in [2.75, 3.05) is 13.1 Å². The summed E-state index contributed by atoms with van der Waals surface area (Å²) >= 11 is 0. The maximum Gasteiger partial charge on any atom is 0.260 e. The lowest BCUT2D eigenvalue weighted by Crippen LogP contribution is -2.46. The van der Waals surface area contributed by atoms with Gasteiger partial charge in [-0.3, -0.25) is 4.90 Å². The topological polar surface area (TPSA) is 43.7 Å². The zero-order chi connectivity index (χ0) is 23.1. The van der Waals surface area contributed by atoms with Crippen LogP contribution in [-0.2, 0) is 0 Å². The molecule has 0 radical (unpaired) electrons. The highest BCUT2D eigenvalue weighted by molar-refractivity contribution is 5.28. The molecule has 3 saturated carbocycles. The van der Waals surface area contributed by atoms with Crippen LogP contribution in [0.1, 0.15) is 85.0 Å². The first kappa shape index (κ1) is 24.3. The largest absolute Gasteiger partial charge is 0.389 e.